The number of anilines is 1. The van der Waals surface area contributed by atoms with Crippen LogP contribution in [-0.4, -0.2) is 43.2 Å². The first-order chi connectivity index (χ1) is 12.3. The predicted octanol–water partition coefficient (Wildman–Crippen LogP) is 3.38. The maximum atomic E-state index is 5.42. The summed E-state index contributed by atoms with van der Waals surface area (Å²) in [5.41, 5.74) is 4.38. The number of nitrogens with zero attached hydrogens (tertiary/aromatic N) is 3. The first-order valence-corrected chi connectivity index (χ1v) is 8.47. The molecule has 2 aromatic carbocycles. The number of hydrogen-bond donors (Lipinski definition) is 0. The molecule has 1 fully saturated rings. The predicted molar refractivity (Wildman–Crippen MR) is 98.6 cm³/mol. The Labute approximate surface area is 147 Å². The van der Waals surface area contributed by atoms with Crippen LogP contribution >= 0.6 is 0 Å². The van der Waals surface area contributed by atoms with E-state index in [0.29, 0.717) is 0 Å². The average Bonchev–Trinajstić information content (AvgIpc) is 3.19. The lowest BCUT2D eigenvalue weighted by atomic mass is 10.1. The maximum Gasteiger partial charge on any atom is 0.119 e. The lowest BCUT2D eigenvalue weighted by molar-refractivity contribution is 0.122. The zero-order valence-corrected chi connectivity index (χ0v) is 14.3. The summed E-state index contributed by atoms with van der Waals surface area (Å²) in [6.07, 6.45) is 1.82. The normalized spacial score (nSPS) is 14.5. The zero-order valence-electron chi connectivity index (χ0n) is 14.3. The number of benzene rings is 2. The summed E-state index contributed by atoms with van der Waals surface area (Å²) in [4.78, 5) is 2.35. The summed E-state index contributed by atoms with van der Waals surface area (Å²) in [5, 5.41) is 4.50. The van der Waals surface area contributed by atoms with Gasteiger partial charge in [0.05, 0.1) is 37.9 Å². The highest BCUT2D eigenvalue weighted by molar-refractivity contribution is 5.64. The first-order valence-electron chi connectivity index (χ1n) is 8.47. The van der Waals surface area contributed by atoms with Gasteiger partial charge in [0.1, 0.15) is 5.75 Å². The van der Waals surface area contributed by atoms with Crippen molar-refractivity contribution in [2.45, 2.75) is 0 Å². The molecule has 5 heteroatoms. The van der Waals surface area contributed by atoms with Gasteiger partial charge in [-0.1, -0.05) is 12.1 Å². The van der Waals surface area contributed by atoms with Crippen molar-refractivity contribution in [1.82, 2.24) is 9.78 Å². The van der Waals surface area contributed by atoms with Crippen LogP contribution in [0.15, 0.2) is 60.8 Å². The third-order valence-corrected chi connectivity index (χ3v) is 4.48. The van der Waals surface area contributed by atoms with Gasteiger partial charge < -0.3 is 14.4 Å². The fraction of sp³-hybridized carbons (Fsp3) is 0.250. The minimum atomic E-state index is 0.793. The minimum Gasteiger partial charge on any atom is -0.497 e. The van der Waals surface area contributed by atoms with Crippen molar-refractivity contribution in [3.63, 3.8) is 0 Å². The Morgan fingerprint density at radius 1 is 0.960 bits per heavy atom. The van der Waals surface area contributed by atoms with Crippen LogP contribution in [0.1, 0.15) is 0 Å². The van der Waals surface area contributed by atoms with Crippen molar-refractivity contribution < 1.29 is 9.47 Å². The Bertz CT molecular complexity index is 836. The highest BCUT2D eigenvalue weighted by Crippen LogP contribution is 2.26. The van der Waals surface area contributed by atoms with Crippen molar-refractivity contribution in [2.75, 3.05) is 38.3 Å². The van der Waals surface area contributed by atoms with E-state index in [0.717, 1.165) is 49.0 Å². The first kappa shape index (κ1) is 15.7. The van der Waals surface area contributed by atoms with E-state index in [-0.39, 0.29) is 0 Å². The maximum absolute atomic E-state index is 5.42. The summed E-state index contributed by atoms with van der Waals surface area (Å²) < 4.78 is 12.7. The molecule has 0 bridgehead atoms. The van der Waals surface area contributed by atoms with Gasteiger partial charge in [0.2, 0.25) is 0 Å². The number of aromatic nitrogens is 2. The molecule has 0 aliphatic carbocycles. The molecule has 0 amide bonds. The molecule has 0 spiro atoms. The Morgan fingerprint density at radius 3 is 2.48 bits per heavy atom. The van der Waals surface area contributed by atoms with E-state index in [2.05, 4.69) is 40.3 Å². The zero-order chi connectivity index (χ0) is 17.1. The molecule has 25 heavy (non-hydrogen) atoms. The van der Waals surface area contributed by atoms with Gasteiger partial charge in [-0.2, -0.15) is 5.10 Å². The summed E-state index contributed by atoms with van der Waals surface area (Å²) in [6.45, 7) is 3.47. The molecule has 1 aliphatic heterocycles. The van der Waals surface area contributed by atoms with Crippen LogP contribution in [0.2, 0.25) is 0 Å². The van der Waals surface area contributed by atoms with Crippen molar-refractivity contribution in [1.29, 1.82) is 0 Å². The molecule has 4 rings (SSSR count). The molecule has 3 aromatic rings. The second-order valence-electron chi connectivity index (χ2n) is 5.98. The summed E-state index contributed by atoms with van der Waals surface area (Å²) in [5.74, 6) is 0.841. The van der Waals surface area contributed by atoms with Crippen molar-refractivity contribution in [3.05, 3.63) is 60.8 Å². The van der Waals surface area contributed by atoms with E-state index in [1.807, 2.05) is 35.1 Å². The summed E-state index contributed by atoms with van der Waals surface area (Å²) in [7, 11) is 1.68. The average molecular weight is 335 g/mol. The fourth-order valence-electron chi connectivity index (χ4n) is 3.14. The molecule has 1 aromatic heterocycles. The molecular formula is C20H21N3O2. The van der Waals surface area contributed by atoms with E-state index < -0.39 is 0 Å². The number of methoxy groups -OCH3 is 1. The summed E-state index contributed by atoms with van der Waals surface area (Å²) in [6, 6.07) is 18.6. The number of hydrogen-bond acceptors (Lipinski definition) is 4. The monoisotopic (exact) mass is 335 g/mol. The van der Waals surface area contributed by atoms with Crippen LogP contribution in [-0.2, 0) is 4.74 Å². The van der Waals surface area contributed by atoms with Crippen molar-refractivity contribution in [2.24, 2.45) is 0 Å². The summed E-state index contributed by atoms with van der Waals surface area (Å²) >= 11 is 0. The molecule has 0 radical (unpaired) electrons. The third kappa shape index (κ3) is 3.23. The van der Waals surface area contributed by atoms with Crippen LogP contribution in [0.4, 0.5) is 5.69 Å². The van der Waals surface area contributed by atoms with Gasteiger partial charge in [-0.05, 0) is 42.5 Å². The van der Waals surface area contributed by atoms with Gasteiger partial charge in [-0.15, -0.1) is 0 Å². The van der Waals surface area contributed by atoms with Crippen LogP contribution in [0, 0.1) is 0 Å². The van der Waals surface area contributed by atoms with E-state index in [1.54, 1.807) is 7.11 Å². The number of ether oxygens (including phenoxy) is 2. The molecule has 1 saturated heterocycles. The largest absolute Gasteiger partial charge is 0.497 e. The molecule has 2 heterocycles. The Hall–Kier alpha value is -2.79. The molecule has 0 atom stereocenters. The molecule has 0 saturated carbocycles. The lowest BCUT2D eigenvalue weighted by Crippen LogP contribution is -2.36. The van der Waals surface area contributed by atoms with Crippen LogP contribution in [0.25, 0.3) is 16.9 Å². The highest BCUT2D eigenvalue weighted by Gasteiger charge is 2.12. The third-order valence-electron chi connectivity index (χ3n) is 4.48. The van der Waals surface area contributed by atoms with Gasteiger partial charge in [0.15, 0.2) is 0 Å². The van der Waals surface area contributed by atoms with E-state index in [4.69, 9.17) is 9.47 Å². The molecule has 128 valence electrons. The van der Waals surface area contributed by atoms with E-state index in [1.165, 1.54) is 5.69 Å². The lowest BCUT2D eigenvalue weighted by Gasteiger charge is -2.28. The van der Waals surface area contributed by atoms with Gasteiger partial charge in [0.25, 0.3) is 0 Å². The van der Waals surface area contributed by atoms with Crippen molar-refractivity contribution in [3.8, 4) is 22.7 Å². The molecular weight excluding hydrogens is 314 g/mol. The number of morpholine rings is 1. The Morgan fingerprint density at radius 2 is 1.72 bits per heavy atom. The molecule has 0 N–H and O–H groups in total. The second-order valence-corrected chi connectivity index (χ2v) is 5.98. The smallest absolute Gasteiger partial charge is 0.119 e. The van der Waals surface area contributed by atoms with E-state index >= 15 is 0 Å². The standard InChI is InChI=1S/C20H21N3O2/c1-24-19-4-2-3-16(15-19)20-9-10-21-23(20)18-7-5-17(6-8-18)22-11-13-25-14-12-22/h2-10,15H,11-14H2,1H3. The Balaban J connectivity index is 1.63. The van der Waals surface area contributed by atoms with Crippen LogP contribution in [0.5, 0.6) is 5.75 Å². The van der Waals surface area contributed by atoms with Gasteiger partial charge >= 0.3 is 0 Å². The van der Waals surface area contributed by atoms with Gasteiger partial charge in [0, 0.05) is 24.3 Å². The minimum absolute atomic E-state index is 0.793. The Kier molecular flexibility index (Phi) is 4.39. The number of rotatable bonds is 4. The fourth-order valence-corrected chi connectivity index (χ4v) is 3.14. The molecule has 0 unspecified atom stereocenters. The molecule has 5 nitrogen and oxygen atoms in total. The van der Waals surface area contributed by atoms with Crippen molar-refractivity contribution >= 4 is 5.69 Å². The quantitative estimate of drug-likeness (QED) is 0.733. The second kappa shape index (κ2) is 6.99. The van der Waals surface area contributed by atoms with Gasteiger partial charge in [-0.3, -0.25) is 0 Å². The van der Waals surface area contributed by atoms with E-state index in [9.17, 15) is 0 Å². The molecule has 1 aliphatic rings. The van der Waals surface area contributed by atoms with Crippen LogP contribution < -0.4 is 9.64 Å². The van der Waals surface area contributed by atoms with Crippen LogP contribution in [0.3, 0.4) is 0 Å². The topological polar surface area (TPSA) is 39.5 Å². The SMILES string of the molecule is COc1cccc(-c2ccnn2-c2ccc(N3CCOCC3)cc2)c1. The highest BCUT2D eigenvalue weighted by atomic mass is 16.5. The van der Waals surface area contributed by atoms with Gasteiger partial charge in [-0.25, -0.2) is 4.68 Å².